The number of rotatable bonds is 6. The Morgan fingerprint density at radius 2 is 1.56 bits per heavy atom. The summed E-state index contributed by atoms with van der Waals surface area (Å²) in [5, 5.41) is 2.68. The second kappa shape index (κ2) is 9.85. The summed E-state index contributed by atoms with van der Waals surface area (Å²) in [6, 6.07) is 14.8. The van der Waals surface area contributed by atoms with Gasteiger partial charge in [-0.15, -0.1) is 0 Å². The van der Waals surface area contributed by atoms with E-state index in [0.29, 0.717) is 11.3 Å². The highest BCUT2D eigenvalue weighted by Gasteiger charge is 2.29. The zero-order chi connectivity index (χ0) is 22.7. The van der Waals surface area contributed by atoms with Gasteiger partial charge in [0.25, 0.3) is 11.1 Å². The van der Waals surface area contributed by atoms with Gasteiger partial charge < -0.3 is 10.1 Å². The predicted octanol–water partition coefficient (Wildman–Crippen LogP) is 3.74. The molecule has 2 saturated heterocycles. The lowest BCUT2D eigenvalue weighted by Crippen LogP contribution is -2.44. The molecular weight excluding hydrogens is 426 g/mol. The zero-order valence-corrected chi connectivity index (χ0v) is 19.1. The number of thioether (sulfide) groups is 1. The van der Waals surface area contributed by atoms with E-state index < -0.39 is 0 Å². The lowest BCUT2D eigenvalue weighted by atomic mass is 10.1. The average Bonchev–Trinajstić information content (AvgIpc) is 3.07. The van der Waals surface area contributed by atoms with Crippen molar-refractivity contribution in [2.24, 2.45) is 0 Å². The van der Waals surface area contributed by atoms with Crippen molar-refractivity contribution in [3.63, 3.8) is 0 Å². The van der Waals surface area contributed by atoms with Crippen molar-refractivity contribution >= 4 is 34.5 Å². The molecule has 4 rings (SSSR count). The number of hydrogen-bond donors (Lipinski definition) is 1. The molecule has 2 aliphatic heterocycles. The van der Waals surface area contributed by atoms with E-state index in [1.807, 2.05) is 36.4 Å². The van der Waals surface area contributed by atoms with Crippen LogP contribution in [0.3, 0.4) is 0 Å². The third-order valence-electron chi connectivity index (χ3n) is 5.51. The molecule has 2 aliphatic rings. The summed E-state index contributed by atoms with van der Waals surface area (Å²) in [5.41, 5.74) is 3.25. The Bertz CT molecular complexity index is 967. The first-order valence-corrected chi connectivity index (χ1v) is 11.7. The van der Waals surface area contributed by atoms with E-state index in [4.69, 9.17) is 4.74 Å². The fraction of sp³-hybridized carbons (Fsp3) is 0.375. The number of morpholine rings is 1. The van der Waals surface area contributed by atoms with Crippen LogP contribution in [0, 0.1) is 0 Å². The lowest BCUT2D eigenvalue weighted by molar-refractivity contribution is -0.125. The van der Waals surface area contributed by atoms with Crippen LogP contribution in [0.2, 0.25) is 0 Å². The molecule has 1 N–H and O–H groups in total. The summed E-state index contributed by atoms with van der Waals surface area (Å²) >= 11 is 1.02. The van der Waals surface area contributed by atoms with Crippen molar-refractivity contribution in [2.45, 2.75) is 39.1 Å². The number of anilines is 1. The molecule has 0 spiro atoms. The average molecular weight is 454 g/mol. The van der Waals surface area contributed by atoms with Gasteiger partial charge in [-0.1, -0.05) is 36.0 Å². The van der Waals surface area contributed by atoms with Gasteiger partial charge in [0.1, 0.15) is 0 Å². The largest absolute Gasteiger partial charge is 0.373 e. The van der Waals surface area contributed by atoms with E-state index in [-0.39, 0.29) is 41.6 Å². The number of nitrogens with zero attached hydrogens (tertiary/aromatic N) is 2. The first-order chi connectivity index (χ1) is 15.4. The molecule has 2 atom stereocenters. The minimum absolute atomic E-state index is 0.168. The van der Waals surface area contributed by atoms with E-state index in [1.54, 1.807) is 12.1 Å². The van der Waals surface area contributed by atoms with E-state index >= 15 is 0 Å². The first kappa shape index (κ1) is 22.5. The maximum Gasteiger partial charge on any atom is 0.289 e. The van der Waals surface area contributed by atoms with E-state index in [2.05, 4.69) is 24.1 Å². The number of carbonyl (C=O) groups is 3. The summed E-state index contributed by atoms with van der Waals surface area (Å²) in [5.74, 6) is -0.145. The highest BCUT2D eigenvalue weighted by Crippen LogP contribution is 2.22. The van der Waals surface area contributed by atoms with Crippen molar-refractivity contribution in [1.82, 2.24) is 9.80 Å². The molecule has 2 fully saturated rings. The van der Waals surface area contributed by atoms with Gasteiger partial charge in [0.05, 0.1) is 24.5 Å². The Morgan fingerprint density at radius 1 is 0.969 bits per heavy atom. The van der Waals surface area contributed by atoms with Gasteiger partial charge in [-0.25, -0.2) is 0 Å². The molecule has 8 heteroatoms. The molecule has 0 saturated carbocycles. The molecule has 0 radical (unpaired) electrons. The Kier molecular flexibility index (Phi) is 6.93. The number of carbonyl (C=O) groups excluding carboxylic acids is 3. The fourth-order valence-electron chi connectivity index (χ4n) is 4.05. The zero-order valence-electron chi connectivity index (χ0n) is 18.2. The molecule has 0 aromatic heterocycles. The first-order valence-electron chi connectivity index (χ1n) is 10.7. The molecule has 2 unspecified atom stereocenters. The monoisotopic (exact) mass is 453 g/mol. The van der Waals surface area contributed by atoms with Crippen molar-refractivity contribution in [3.8, 4) is 0 Å². The minimum Gasteiger partial charge on any atom is -0.373 e. The third-order valence-corrected chi connectivity index (χ3v) is 6.37. The fourth-order valence-corrected chi connectivity index (χ4v) is 4.77. The van der Waals surface area contributed by atoms with Crippen LogP contribution in [0.5, 0.6) is 0 Å². The standard InChI is InChI=1S/C24H27N3O4S/c1-16-11-26(12-17(2)31-16)13-18-3-7-20(8-4-18)23(29)25-21-9-5-19(6-10-21)14-27-22(28)15-32-24(27)30/h3-10,16-17H,11-15H2,1-2H3,(H,25,29). The van der Waals surface area contributed by atoms with Gasteiger partial charge in [-0.05, 0) is 49.2 Å². The van der Waals surface area contributed by atoms with Crippen LogP contribution >= 0.6 is 11.8 Å². The normalized spacial score (nSPS) is 21.8. The van der Waals surface area contributed by atoms with E-state index in [1.165, 1.54) is 4.90 Å². The lowest BCUT2D eigenvalue weighted by Gasteiger charge is -2.35. The molecule has 3 amide bonds. The highest BCUT2D eigenvalue weighted by atomic mass is 32.2. The summed E-state index contributed by atoms with van der Waals surface area (Å²) in [6.45, 7) is 7.08. The van der Waals surface area contributed by atoms with Crippen molar-refractivity contribution in [1.29, 1.82) is 0 Å². The summed E-state index contributed by atoms with van der Waals surface area (Å²) in [7, 11) is 0. The quantitative estimate of drug-likeness (QED) is 0.718. The van der Waals surface area contributed by atoms with Crippen molar-refractivity contribution in [3.05, 3.63) is 65.2 Å². The van der Waals surface area contributed by atoms with Crippen molar-refractivity contribution in [2.75, 3.05) is 24.2 Å². The molecule has 0 bridgehead atoms. The number of ether oxygens (including phenoxy) is 1. The van der Waals surface area contributed by atoms with Gasteiger partial charge in [0.15, 0.2) is 0 Å². The summed E-state index contributed by atoms with van der Waals surface area (Å²) in [4.78, 5) is 39.7. The molecule has 168 valence electrons. The topological polar surface area (TPSA) is 79.0 Å². The van der Waals surface area contributed by atoms with Gasteiger partial charge in [-0.2, -0.15) is 0 Å². The Morgan fingerprint density at radius 3 is 2.16 bits per heavy atom. The summed E-state index contributed by atoms with van der Waals surface area (Å²) in [6.07, 6.45) is 0.454. The van der Waals surface area contributed by atoms with Crippen LogP contribution in [0.4, 0.5) is 10.5 Å². The van der Waals surface area contributed by atoms with Gasteiger partial charge >= 0.3 is 0 Å². The van der Waals surface area contributed by atoms with Gasteiger partial charge in [0.2, 0.25) is 5.91 Å². The second-order valence-corrected chi connectivity index (χ2v) is 9.26. The van der Waals surface area contributed by atoms with E-state index in [9.17, 15) is 14.4 Å². The maximum absolute atomic E-state index is 12.6. The second-order valence-electron chi connectivity index (χ2n) is 8.33. The number of nitrogens with one attached hydrogen (secondary N) is 1. The highest BCUT2D eigenvalue weighted by molar-refractivity contribution is 8.14. The molecule has 2 aromatic rings. The van der Waals surface area contributed by atoms with Crippen LogP contribution in [-0.2, 0) is 22.6 Å². The maximum atomic E-state index is 12.6. The number of benzene rings is 2. The third kappa shape index (κ3) is 5.56. The number of amides is 3. The van der Waals surface area contributed by atoms with Crippen molar-refractivity contribution < 1.29 is 19.1 Å². The Hall–Kier alpha value is -2.68. The molecule has 7 nitrogen and oxygen atoms in total. The van der Waals surface area contributed by atoms with Crippen LogP contribution < -0.4 is 5.32 Å². The molecule has 0 aliphatic carbocycles. The van der Waals surface area contributed by atoms with Crippen LogP contribution in [-0.4, -0.2) is 57.9 Å². The van der Waals surface area contributed by atoms with Crippen LogP contribution in [0.1, 0.15) is 35.3 Å². The molecule has 2 aromatic carbocycles. The molecule has 2 heterocycles. The van der Waals surface area contributed by atoms with Crippen LogP contribution in [0.15, 0.2) is 48.5 Å². The molecule has 32 heavy (non-hydrogen) atoms. The Labute approximate surface area is 192 Å². The smallest absolute Gasteiger partial charge is 0.289 e. The SMILES string of the molecule is CC1CN(Cc2ccc(C(=O)Nc3ccc(CN4C(=O)CSC4=O)cc3)cc2)CC(C)O1. The number of hydrogen-bond acceptors (Lipinski definition) is 6. The van der Waals surface area contributed by atoms with Gasteiger partial charge in [0, 0.05) is 30.9 Å². The Balaban J connectivity index is 1.31. The van der Waals surface area contributed by atoms with E-state index in [0.717, 1.165) is 42.5 Å². The van der Waals surface area contributed by atoms with Crippen LogP contribution in [0.25, 0.3) is 0 Å². The summed E-state index contributed by atoms with van der Waals surface area (Å²) < 4.78 is 5.78. The minimum atomic E-state index is -0.214. The molecular formula is C24H27N3O4S. The number of imide groups is 1. The predicted molar refractivity (Wildman–Crippen MR) is 125 cm³/mol. The van der Waals surface area contributed by atoms with Gasteiger partial charge in [-0.3, -0.25) is 24.2 Å².